The molecule has 0 spiro atoms. The molecule has 0 aliphatic heterocycles. The first-order valence-corrected chi connectivity index (χ1v) is 6.60. The molecule has 0 aliphatic carbocycles. The molecule has 0 bridgehead atoms. The van der Waals surface area contributed by atoms with E-state index in [9.17, 15) is 18.4 Å². The highest BCUT2D eigenvalue weighted by molar-refractivity contribution is 6.09. The molecule has 0 unspecified atom stereocenters. The Labute approximate surface area is 131 Å². The van der Waals surface area contributed by atoms with E-state index in [4.69, 9.17) is 6.42 Å². The molecule has 116 valence electrons. The Kier molecular flexibility index (Phi) is 5.05. The van der Waals surface area contributed by atoms with Crippen molar-refractivity contribution in [1.29, 1.82) is 0 Å². The molecule has 0 atom stereocenters. The molecule has 2 aromatic rings. The lowest BCUT2D eigenvalue weighted by molar-refractivity contribution is 0.0959. The maximum atomic E-state index is 13.6. The van der Waals surface area contributed by atoms with Crippen LogP contribution in [0.3, 0.4) is 0 Å². The minimum atomic E-state index is -0.863. The predicted molar refractivity (Wildman–Crippen MR) is 81.9 cm³/mol. The van der Waals surface area contributed by atoms with Gasteiger partial charge in [-0.1, -0.05) is 18.1 Å². The van der Waals surface area contributed by atoms with Gasteiger partial charge < -0.3 is 10.6 Å². The van der Waals surface area contributed by atoms with Gasteiger partial charge in [0, 0.05) is 0 Å². The van der Waals surface area contributed by atoms with E-state index in [-0.39, 0.29) is 17.8 Å². The minimum Gasteiger partial charge on any atom is -0.341 e. The van der Waals surface area contributed by atoms with E-state index in [1.165, 1.54) is 12.1 Å². The van der Waals surface area contributed by atoms with E-state index < -0.39 is 29.0 Å². The number of nitrogens with one attached hydrogen (secondary N) is 2. The molecule has 0 aliphatic rings. The van der Waals surface area contributed by atoms with E-state index >= 15 is 0 Å². The normalized spacial score (nSPS) is 9.78. The van der Waals surface area contributed by atoms with Crippen molar-refractivity contribution in [2.75, 3.05) is 11.9 Å². The molecular weight excluding hydrogens is 302 g/mol. The zero-order chi connectivity index (χ0) is 16.8. The highest BCUT2D eigenvalue weighted by Gasteiger charge is 2.16. The summed E-state index contributed by atoms with van der Waals surface area (Å²) >= 11 is 0. The van der Waals surface area contributed by atoms with Crippen LogP contribution < -0.4 is 10.6 Å². The third-order valence-electron chi connectivity index (χ3n) is 2.94. The van der Waals surface area contributed by atoms with Gasteiger partial charge in [0.15, 0.2) is 0 Å². The van der Waals surface area contributed by atoms with Gasteiger partial charge in [0.1, 0.15) is 11.6 Å². The van der Waals surface area contributed by atoms with Crippen molar-refractivity contribution in [3.8, 4) is 12.3 Å². The molecule has 23 heavy (non-hydrogen) atoms. The summed E-state index contributed by atoms with van der Waals surface area (Å²) in [4.78, 5) is 24.1. The van der Waals surface area contributed by atoms with Gasteiger partial charge in [-0.15, -0.1) is 6.42 Å². The molecule has 2 N–H and O–H groups in total. The fourth-order valence-electron chi connectivity index (χ4n) is 1.88. The minimum absolute atomic E-state index is 0.0274. The van der Waals surface area contributed by atoms with Crippen LogP contribution >= 0.6 is 0 Å². The van der Waals surface area contributed by atoms with Gasteiger partial charge in [-0.25, -0.2) is 8.78 Å². The molecule has 2 aromatic carbocycles. The van der Waals surface area contributed by atoms with Crippen LogP contribution in [0.4, 0.5) is 14.5 Å². The molecule has 0 aromatic heterocycles. The lowest BCUT2D eigenvalue weighted by atomic mass is 10.1. The number of para-hydroxylation sites is 1. The van der Waals surface area contributed by atoms with Gasteiger partial charge in [-0.2, -0.15) is 0 Å². The highest BCUT2D eigenvalue weighted by atomic mass is 19.1. The fourth-order valence-corrected chi connectivity index (χ4v) is 1.88. The Bertz CT molecular complexity index is 797. The molecule has 4 nitrogen and oxygen atoms in total. The number of anilines is 1. The smallest absolute Gasteiger partial charge is 0.258 e. The molecule has 0 saturated heterocycles. The maximum absolute atomic E-state index is 13.6. The second-order valence-corrected chi connectivity index (χ2v) is 4.51. The number of halogens is 2. The maximum Gasteiger partial charge on any atom is 0.258 e. The van der Waals surface area contributed by atoms with Crippen LogP contribution in [0, 0.1) is 24.0 Å². The van der Waals surface area contributed by atoms with E-state index in [2.05, 4.69) is 16.6 Å². The van der Waals surface area contributed by atoms with Gasteiger partial charge in [0.2, 0.25) is 0 Å². The van der Waals surface area contributed by atoms with Gasteiger partial charge in [-0.05, 0) is 30.3 Å². The van der Waals surface area contributed by atoms with Gasteiger partial charge in [0.05, 0.1) is 23.4 Å². The van der Waals surface area contributed by atoms with Crippen LogP contribution in [-0.4, -0.2) is 18.4 Å². The Balaban J connectivity index is 2.26. The summed E-state index contributed by atoms with van der Waals surface area (Å²) < 4.78 is 26.8. The first-order chi connectivity index (χ1) is 11.0. The first-order valence-electron chi connectivity index (χ1n) is 6.60. The first kappa shape index (κ1) is 16.2. The van der Waals surface area contributed by atoms with Crippen molar-refractivity contribution >= 4 is 17.5 Å². The molecular formula is C17H12F2N2O2. The summed E-state index contributed by atoms with van der Waals surface area (Å²) in [7, 11) is 0. The van der Waals surface area contributed by atoms with Gasteiger partial charge in [-0.3, -0.25) is 9.59 Å². The average Bonchev–Trinajstić information content (AvgIpc) is 2.55. The number of hydrogen-bond acceptors (Lipinski definition) is 2. The Morgan fingerprint density at radius 2 is 1.78 bits per heavy atom. The summed E-state index contributed by atoms with van der Waals surface area (Å²) in [5.74, 6) is -0.694. The fraction of sp³-hybridized carbons (Fsp3) is 0.0588. The number of amides is 2. The van der Waals surface area contributed by atoms with Gasteiger partial charge in [0.25, 0.3) is 11.8 Å². The Morgan fingerprint density at radius 3 is 2.52 bits per heavy atom. The van der Waals surface area contributed by atoms with E-state index in [0.29, 0.717) is 0 Å². The molecule has 0 saturated carbocycles. The third kappa shape index (κ3) is 3.92. The van der Waals surface area contributed by atoms with Crippen molar-refractivity contribution in [2.24, 2.45) is 0 Å². The third-order valence-corrected chi connectivity index (χ3v) is 2.94. The van der Waals surface area contributed by atoms with Crippen LogP contribution in [0.1, 0.15) is 20.7 Å². The zero-order valence-electron chi connectivity index (χ0n) is 11.9. The second kappa shape index (κ2) is 7.18. The van der Waals surface area contributed by atoms with Crippen molar-refractivity contribution in [1.82, 2.24) is 5.32 Å². The monoisotopic (exact) mass is 314 g/mol. The number of rotatable bonds is 4. The lowest BCUT2D eigenvalue weighted by Crippen LogP contribution is -2.25. The van der Waals surface area contributed by atoms with E-state index in [0.717, 1.165) is 18.2 Å². The van der Waals surface area contributed by atoms with Crippen molar-refractivity contribution in [3.05, 3.63) is 65.2 Å². The molecule has 0 radical (unpaired) electrons. The second-order valence-electron chi connectivity index (χ2n) is 4.51. The van der Waals surface area contributed by atoms with Crippen LogP contribution in [0.2, 0.25) is 0 Å². The van der Waals surface area contributed by atoms with Crippen LogP contribution in [0.5, 0.6) is 0 Å². The highest BCUT2D eigenvalue weighted by Crippen LogP contribution is 2.17. The van der Waals surface area contributed by atoms with Crippen LogP contribution in [0.25, 0.3) is 0 Å². The summed E-state index contributed by atoms with van der Waals surface area (Å²) in [5, 5.41) is 4.86. The molecule has 2 amide bonds. The zero-order valence-corrected chi connectivity index (χ0v) is 11.9. The standard InChI is InChI=1S/C17H12F2N2O2/c1-2-9-20-16(22)12-5-3-4-6-15(12)21-17(23)13-10-11(18)7-8-14(13)19/h1,3-8,10H,9H2,(H,20,22)(H,21,23). The van der Waals surface area contributed by atoms with Gasteiger partial charge >= 0.3 is 0 Å². The lowest BCUT2D eigenvalue weighted by Gasteiger charge is -2.11. The number of carbonyl (C=O) groups excluding carboxylic acids is 2. The molecule has 6 heteroatoms. The van der Waals surface area contributed by atoms with E-state index in [1.807, 2.05) is 0 Å². The number of carbonyl (C=O) groups is 2. The Morgan fingerprint density at radius 1 is 1.04 bits per heavy atom. The summed E-state index contributed by atoms with van der Waals surface area (Å²) in [6.45, 7) is 0.0274. The van der Waals surface area contributed by atoms with Crippen LogP contribution in [0.15, 0.2) is 42.5 Å². The van der Waals surface area contributed by atoms with Crippen molar-refractivity contribution < 1.29 is 18.4 Å². The predicted octanol–water partition coefficient (Wildman–Crippen LogP) is 2.58. The van der Waals surface area contributed by atoms with Crippen molar-refractivity contribution in [2.45, 2.75) is 0 Å². The quantitative estimate of drug-likeness (QED) is 0.852. The SMILES string of the molecule is C#CCNC(=O)c1ccccc1NC(=O)c1cc(F)ccc1F. The number of terminal acetylenes is 1. The number of benzene rings is 2. The van der Waals surface area contributed by atoms with E-state index in [1.54, 1.807) is 12.1 Å². The molecule has 0 heterocycles. The topological polar surface area (TPSA) is 58.2 Å². The average molecular weight is 314 g/mol. The summed E-state index contributed by atoms with van der Waals surface area (Å²) in [6, 6.07) is 8.69. The van der Waals surface area contributed by atoms with Crippen molar-refractivity contribution in [3.63, 3.8) is 0 Å². The largest absolute Gasteiger partial charge is 0.341 e. The summed E-state index contributed by atoms with van der Waals surface area (Å²) in [5.41, 5.74) is -0.132. The van der Waals surface area contributed by atoms with Crippen LogP contribution in [-0.2, 0) is 0 Å². The molecule has 0 fully saturated rings. The summed E-state index contributed by atoms with van der Waals surface area (Å²) in [6.07, 6.45) is 5.07. The number of hydrogen-bond donors (Lipinski definition) is 2. The Hall–Kier alpha value is -3.20. The molecule has 2 rings (SSSR count).